The molecule has 0 bridgehead atoms. The molecule has 2 heterocycles. The van der Waals surface area contributed by atoms with Crippen LogP contribution in [-0.4, -0.2) is 19.9 Å². The molecule has 0 fully saturated rings. The van der Waals surface area contributed by atoms with Gasteiger partial charge in [-0.2, -0.15) is 26.3 Å². The van der Waals surface area contributed by atoms with Gasteiger partial charge in [-0.3, -0.25) is 0 Å². The Morgan fingerprint density at radius 2 is 1.04 bits per heavy atom. The fourth-order valence-electron chi connectivity index (χ4n) is 1.17. The maximum atomic E-state index is 12.0. The van der Waals surface area contributed by atoms with Gasteiger partial charge in [0.25, 0.3) is 0 Å². The second-order valence-electron chi connectivity index (χ2n) is 3.82. The molecule has 0 saturated carbocycles. The Morgan fingerprint density at radius 3 is 1.25 bits per heavy atom. The van der Waals surface area contributed by atoms with E-state index in [1.807, 2.05) is 0 Å². The predicted molar refractivity (Wildman–Crippen MR) is 75.1 cm³/mol. The largest absolute Gasteiger partial charge is 0.432 e. The molecule has 0 aliphatic rings. The van der Waals surface area contributed by atoms with Crippen LogP contribution in [-0.2, 0) is 12.4 Å². The monoisotopic (exact) mass is 484 g/mol. The lowest BCUT2D eigenvalue weighted by Crippen LogP contribution is -2.18. The lowest BCUT2D eigenvalue weighted by molar-refractivity contribution is -0.142. The summed E-state index contributed by atoms with van der Waals surface area (Å²) in [4.78, 5) is 30.1. The van der Waals surface area contributed by atoms with Gasteiger partial charge in [-0.05, 0) is 31.9 Å². The highest BCUT2D eigenvalue weighted by atomic mass is 79.9. The molecule has 2 aromatic rings. The summed E-state index contributed by atoms with van der Waals surface area (Å²) in [5.41, 5.74) is -4.29. The highest BCUT2D eigenvalue weighted by Crippen LogP contribution is 2.32. The van der Waals surface area contributed by atoms with Gasteiger partial charge >= 0.3 is 23.7 Å². The van der Waals surface area contributed by atoms with Gasteiger partial charge in [0.05, 0.1) is 8.95 Å². The standard InChI is InChI=1S/2C5H2BrF3N2O/c2*6-2-1-10-4(12)11-3(2)5(7,8)9/h2*1H,(H,10,11,12). The van der Waals surface area contributed by atoms with E-state index < -0.39 is 35.1 Å². The molecule has 2 aromatic heterocycles. The van der Waals surface area contributed by atoms with Crippen molar-refractivity contribution in [3.63, 3.8) is 0 Å². The molecule has 0 saturated heterocycles. The number of aromatic nitrogens is 4. The number of nitrogens with zero attached hydrogens (tertiary/aromatic N) is 2. The van der Waals surface area contributed by atoms with Crippen molar-refractivity contribution in [1.29, 1.82) is 0 Å². The number of hydrogen-bond donors (Lipinski definition) is 2. The molecular weight excluding hydrogens is 482 g/mol. The molecule has 14 heteroatoms. The van der Waals surface area contributed by atoms with Gasteiger partial charge < -0.3 is 9.97 Å². The number of alkyl halides is 6. The van der Waals surface area contributed by atoms with Gasteiger partial charge in [0.1, 0.15) is 11.4 Å². The third kappa shape index (κ3) is 5.74. The van der Waals surface area contributed by atoms with Crippen LogP contribution in [0.3, 0.4) is 0 Å². The number of hydrogen-bond acceptors (Lipinski definition) is 4. The van der Waals surface area contributed by atoms with Crippen LogP contribution in [0, 0.1) is 0 Å². The topological polar surface area (TPSA) is 91.5 Å². The lowest BCUT2D eigenvalue weighted by Gasteiger charge is -2.06. The molecular formula is C10H4Br2F6N4O2. The third-order valence-corrected chi connectivity index (χ3v) is 3.30. The first-order chi connectivity index (χ1) is 10.8. The highest BCUT2D eigenvalue weighted by molar-refractivity contribution is 9.10. The second-order valence-corrected chi connectivity index (χ2v) is 5.53. The smallest absolute Gasteiger partial charge is 0.301 e. The normalized spacial score (nSPS) is 11.7. The zero-order valence-corrected chi connectivity index (χ0v) is 14.1. The van der Waals surface area contributed by atoms with Crippen LogP contribution < -0.4 is 11.4 Å². The summed E-state index contributed by atoms with van der Waals surface area (Å²) in [5, 5.41) is 0. The first-order valence-corrected chi connectivity index (χ1v) is 7.05. The molecule has 0 unspecified atom stereocenters. The van der Waals surface area contributed by atoms with E-state index in [2.05, 4.69) is 41.8 Å². The summed E-state index contributed by atoms with van der Waals surface area (Å²) in [6, 6.07) is 0. The average molecular weight is 486 g/mol. The maximum Gasteiger partial charge on any atom is 0.432 e. The predicted octanol–water partition coefficient (Wildman–Crippen LogP) is 3.10. The first kappa shape index (κ1) is 20.3. The zero-order valence-electron chi connectivity index (χ0n) is 10.9. The van der Waals surface area contributed by atoms with Crippen molar-refractivity contribution in [2.75, 3.05) is 0 Å². The van der Waals surface area contributed by atoms with E-state index in [1.165, 1.54) is 0 Å². The average Bonchev–Trinajstić information content (AvgIpc) is 2.42. The molecule has 24 heavy (non-hydrogen) atoms. The van der Waals surface area contributed by atoms with Gasteiger partial charge in [-0.1, -0.05) is 0 Å². The quantitative estimate of drug-likeness (QED) is 0.561. The van der Waals surface area contributed by atoms with Crippen LogP contribution in [0.2, 0.25) is 0 Å². The minimum atomic E-state index is -4.57. The van der Waals surface area contributed by atoms with Crippen LogP contribution in [0.1, 0.15) is 11.4 Å². The van der Waals surface area contributed by atoms with E-state index in [-0.39, 0.29) is 8.95 Å². The van der Waals surface area contributed by atoms with Crippen molar-refractivity contribution in [2.24, 2.45) is 0 Å². The van der Waals surface area contributed by atoms with Crippen LogP contribution in [0.4, 0.5) is 26.3 Å². The molecule has 6 nitrogen and oxygen atoms in total. The van der Waals surface area contributed by atoms with Gasteiger partial charge in [-0.25, -0.2) is 19.6 Å². The molecule has 0 amide bonds. The van der Waals surface area contributed by atoms with Crippen LogP contribution >= 0.6 is 31.9 Å². The van der Waals surface area contributed by atoms with Crippen LogP contribution in [0.15, 0.2) is 30.9 Å². The van der Waals surface area contributed by atoms with E-state index >= 15 is 0 Å². The Labute approximate surface area is 144 Å². The number of rotatable bonds is 0. The Hall–Kier alpha value is -1.70. The Morgan fingerprint density at radius 1 is 0.750 bits per heavy atom. The Bertz CT molecular complexity index is 760. The first-order valence-electron chi connectivity index (χ1n) is 5.46. The highest BCUT2D eigenvalue weighted by Gasteiger charge is 2.35. The van der Waals surface area contributed by atoms with Crippen molar-refractivity contribution in [1.82, 2.24) is 19.9 Å². The molecule has 0 aromatic carbocycles. The maximum absolute atomic E-state index is 12.0. The number of halogens is 8. The molecule has 2 N–H and O–H groups in total. The summed E-state index contributed by atoms with van der Waals surface area (Å²) in [5.74, 6) is 0. The molecule has 0 aliphatic heterocycles. The molecule has 0 spiro atoms. The number of nitrogens with one attached hydrogen (secondary N) is 2. The summed E-state index contributed by atoms with van der Waals surface area (Å²) in [7, 11) is 0. The second kappa shape index (κ2) is 7.46. The fourth-order valence-corrected chi connectivity index (χ4v) is 2.02. The molecule has 2 rings (SSSR count). The van der Waals surface area contributed by atoms with Crippen LogP contribution in [0.25, 0.3) is 0 Å². The van der Waals surface area contributed by atoms with Gasteiger partial charge in [-0.15, -0.1) is 0 Å². The molecule has 0 atom stereocenters. The molecule has 132 valence electrons. The third-order valence-electron chi connectivity index (χ3n) is 2.10. The van der Waals surface area contributed by atoms with Gasteiger partial charge in [0.2, 0.25) is 0 Å². The lowest BCUT2D eigenvalue weighted by atomic mass is 10.4. The van der Waals surface area contributed by atoms with E-state index in [9.17, 15) is 35.9 Å². The van der Waals surface area contributed by atoms with E-state index in [0.29, 0.717) is 0 Å². The van der Waals surface area contributed by atoms with Crippen molar-refractivity contribution in [2.45, 2.75) is 12.4 Å². The minimum absolute atomic E-state index is 0.283. The molecule has 0 aliphatic carbocycles. The van der Waals surface area contributed by atoms with Crippen molar-refractivity contribution >= 4 is 31.9 Å². The zero-order chi connectivity index (χ0) is 18.7. The van der Waals surface area contributed by atoms with Crippen molar-refractivity contribution in [3.8, 4) is 0 Å². The van der Waals surface area contributed by atoms with Gasteiger partial charge in [0, 0.05) is 12.4 Å². The Balaban J connectivity index is 0.000000240. The minimum Gasteiger partial charge on any atom is -0.301 e. The summed E-state index contributed by atoms with van der Waals surface area (Å²) < 4.78 is 71.4. The van der Waals surface area contributed by atoms with E-state index in [4.69, 9.17) is 0 Å². The molecule has 0 radical (unpaired) electrons. The summed E-state index contributed by atoms with van der Waals surface area (Å²) >= 11 is 5.23. The Kier molecular flexibility index (Phi) is 6.32. The SMILES string of the molecule is O=c1ncc(Br)c(C(F)(F)F)[nH]1.O=c1ncc(Br)c(C(F)(F)F)[nH]1. The van der Waals surface area contributed by atoms with E-state index in [1.54, 1.807) is 9.97 Å². The summed E-state index contributed by atoms with van der Waals surface area (Å²) in [6.07, 6.45) is -7.52. The summed E-state index contributed by atoms with van der Waals surface area (Å²) in [6.45, 7) is 0. The van der Waals surface area contributed by atoms with Crippen molar-refractivity contribution < 1.29 is 26.3 Å². The fraction of sp³-hybridized carbons (Fsp3) is 0.200. The van der Waals surface area contributed by atoms with E-state index in [0.717, 1.165) is 12.4 Å². The number of aromatic amines is 2. The van der Waals surface area contributed by atoms with Crippen molar-refractivity contribution in [3.05, 3.63) is 53.7 Å². The number of H-pyrrole nitrogens is 2. The van der Waals surface area contributed by atoms with Crippen LogP contribution in [0.5, 0.6) is 0 Å². The van der Waals surface area contributed by atoms with Gasteiger partial charge in [0.15, 0.2) is 0 Å².